The van der Waals surface area contributed by atoms with Gasteiger partial charge >= 0.3 is 5.97 Å². The summed E-state index contributed by atoms with van der Waals surface area (Å²) in [7, 11) is 0. The highest BCUT2D eigenvalue weighted by molar-refractivity contribution is 7.80. The van der Waals surface area contributed by atoms with E-state index in [2.05, 4.69) is 22.9 Å². The monoisotopic (exact) mass is 405 g/mol. The first-order valence-corrected chi connectivity index (χ1v) is 10.1. The summed E-state index contributed by atoms with van der Waals surface area (Å²) < 4.78 is 10.5. The summed E-state index contributed by atoms with van der Waals surface area (Å²) >= 11 is 6.93. The van der Waals surface area contributed by atoms with Crippen molar-refractivity contribution in [1.29, 1.82) is 0 Å². The van der Waals surface area contributed by atoms with Crippen molar-refractivity contribution in [3.05, 3.63) is 52.4 Å². The van der Waals surface area contributed by atoms with Gasteiger partial charge in [-0.25, -0.2) is 9.80 Å². The lowest BCUT2D eigenvalue weighted by molar-refractivity contribution is 0.0252. The largest absolute Gasteiger partial charge is 0.462 e. The maximum Gasteiger partial charge on any atom is 0.341 e. The van der Waals surface area contributed by atoms with Gasteiger partial charge < -0.3 is 14.8 Å². The van der Waals surface area contributed by atoms with Crippen LogP contribution in [-0.2, 0) is 15.9 Å². The van der Waals surface area contributed by atoms with E-state index in [1.807, 2.05) is 29.3 Å². The van der Waals surface area contributed by atoms with Crippen LogP contribution in [0.1, 0.15) is 27.7 Å². The van der Waals surface area contributed by atoms with Crippen molar-refractivity contribution in [3.63, 3.8) is 0 Å². The number of nitrogens with one attached hydrogen (secondary N) is 2. The minimum Gasteiger partial charge on any atom is -0.462 e. The number of carbonyl (C=O) groups is 1. The van der Waals surface area contributed by atoms with Gasteiger partial charge in [-0.05, 0) is 30.8 Å². The molecule has 8 heteroatoms. The third kappa shape index (κ3) is 5.74. The molecule has 3 rings (SSSR count). The van der Waals surface area contributed by atoms with E-state index in [1.54, 1.807) is 6.92 Å². The molecule has 1 saturated heterocycles. The van der Waals surface area contributed by atoms with Crippen molar-refractivity contribution in [2.24, 2.45) is 0 Å². The standard InChI is InChI=1S/C19H23N3O3S2/c1-2-25-18(23)16-13-15(12-14-6-4-3-5-7-14)27-17(16)20-19(26)21-22-8-10-24-11-9-22/h3-7,13H,2,8-12H2,1H3,(H2,20,21,26). The molecule has 0 amide bonds. The van der Waals surface area contributed by atoms with Gasteiger partial charge in [-0.1, -0.05) is 30.3 Å². The van der Waals surface area contributed by atoms with Gasteiger partial charge in [-0.15, -0.1) is 11.3 Å². The van der Waals surface area contributed by atoms with E-state index in [0.717, 1.165) is 24.4 Å². The van der Waals surface area contributed by atoms with E-state index < -0.39 is 0 Å². The van der Waals surface area contributed by atoms with E-state index in [4.69, 9.17) is 21.7 Å². The molecule has 0 unspecified atom stereocenters. The van der Waals surface area contributed by atoms with Crippen LogP contribution in [0.3, 0.4) is 0 Å². The number of hydrogen-bond acceptors (Lipinski definition) is 6. The lowest BCUT2D eigenvalue weighted by Gasteiger charge is -2.28. The van der Waals surface area contributed by atoms with E-state index in [0.29, 0.717) is 35.5 Å². The lowest BCUT2D eigenvalue weighted by atomic mass is 10.1. The Bertz CT molecular complexity index is 774. The first-order valence-electron chi connectivity index (χ1n) is 8.89. The van der Waals surface area contributed by atoms with Crippen molar-refractivity contribution in [2.75, 3.05) is 38.2 Å². The number of carbonyl (C=O) groups excluding carboxylic acids is 1. The minimum absolute atomic E-state index is 0.332. The van der Waals surface area contributed by atoms with Crippen molar-refractivity contribution >= 4 is 39.6 Å². The number of thiophene rings is 1. The number of benzene rings is 1. The maximum atomic E-state index is 12.4. The zero-order valence-corrected chi connectivity index (χ0v) is 16.8. The van der Waals surface area contributed by atoms with Crippen molar-refractivity contribution in [2.45, 2.75) is 13.3 Å². The summed E-state index contributed by atoms with van der Waals surface area (Å²) in [6.45, 7) is 4.99. The molecule has 0 atom stereocenters. The fourth-order valence-electron chi connectivity index (χ4n) is 2.73. The maximum absolute atomic E-state index is 12.4. The molecule has 2 aromatic rings. The fourth-order valence-corrected chi connectivity index (χ4v) is 4.11. The van der Waals surface area contributed by atoms with Crippen LogP contribution in [0, 0.1) is 0 Å². The molecular weight excluding hydrogens is 382 g/mol. The van der Waals surface area contributed by atoms with Gasteiger partial charge in [0.25, 0.3) is 0 Å². The highest BCUT2D eigenvalue weighted by Gasteiger charge is 2.19. The Hall–Kier alpha value is -2.00. The van der Waals surface area contributed by atoms with Crippen LogP contribution in [0.15, 0.2) is 36.4 Å². The normalized spacial score (nSPS) is 14.6. The Labute approximate surface area is 168 Å². The molecule has 1 aromatic heterocycles. The van der Waals surface area contributed by atoms with Crippen LogP contribution in [0.5, 0.6) is 0 Å². The number of rotatable bonds is 6. The van der Waals surface area contributed by atoms with Gasteiger partial charge in [0.05, 0.1) is 25.4 Å². The molecule has 0 aliphatic carbocycles. The van der Waals surface area contributed by atoms with Gasteiger partial charge in [0, 0.05) is 24.4 Å². The molecule has 27 heavy (non-hydrogen) atoms. The third-order valence-corrected chi connectivity index (χ3v) is 5.24. The average Bonchev–Trinajstić information content (AvgIpc) is 3.05. The Kier molecular flexibility index (Phi) is 7.17. The molecular formula is C19H23N3O3S2. The third-order valence-electron chi connectivity index (χ3n) is 4.00. The van der Waals surface area contributed by atoms with Crippen molar-refractivity contribution in [1.82, 2.24) is 10.4 Å². The zero-order valence-electron chi connectivity index (χ0n) is 15.2. The number of morpholine rings is 1. The zero-order chi connectivity index (χ0) is 19.1. The smallest absolute Gasteiger partial charge is 0.341 e. The molecule has 1 aromatic carbocycles. The van der Waals surface area contributed by atoms with Crippen molar-refractivity contribution < 1.29 is 14.3 Å². The van der Waals surface area contributed by atoms with E-state index >= 15 is 0 Å². The van der Waals surface area contributed by atoms with Gasteiger partial charge in [-0.3, -0.25) is 5.43 Å². The molecule has 1 aliphatic rings. The molecule has 6 nitrogen and oxygen atoms in total. The van der Waals surface area contributed by atoms with Crippen LogP contribution in [-0.4, -0.2) is 49.0 Å². The first kappa shape index (κ1) is 19.8. The van der Waals surface area contributed by atoms with Crippen LogP contribution >= 0.6 is 23.6 Å². The molecule has 2 N–H and O–H groups in total. The first-order chi connectivity index (χ1) is 13.2. The predicted octanol–water partition coefficient (Wildman–Crippen LogP) is 3.05. The summed E-state index contributed by atoms with van der Waals surface area (Å²) in [4.78, 5) is 13.4. The van der Waals surface area contributed by atoms with Crippen LogP contribution in [0.4, 0.5) is 5.00 Å². The number of thiocarbonyl (C=S) groups is 1. The quantitative estimate of drug-likeness (QED) is 0.566. The second-order valence-electron chi connectivity index (χ2n) is 6.00. The second-order valence-corrected chi connectivity index (χ2v) is 7.55. The highest BCUT2D eigenvalue weighted by Crippen LogP contribution is 2.30. The number of ether oxygens (including phenoxy) is 2. The van der Waals surface area contributed by atoms with Crippen LogP contribution < -0.4 is 10.7 Å². The van der Waals surface area contributed by atoms with Crippen molar-refractivity contribution in [3.8, 4) is 0 Å². The minimum atomic E-state index is -0.343. The van der Waals surface area contributed by atoms with Crippen LogP contribution in [0.2, 0.25) is 0 Å². The molecule has 1 aliphatic heterocycles. The van der Waals surface area contributed by atoms with Gasteiger partial charge in [0.1, 0.15) is 5.00 Å². The number of esters is 1. The van der Waals surface area contributed by atoms with Gasteiger partial charge in [-0.2, -0.15) is 0 Å². The summed E-state index contributed by atoms with van der Waals surface area (Å²) in [5.74, 6) is -0.343. The SMILES string of the molecule is CCOC(=O)c1cc(Cc2ccccc2)sc1NC(=S)NN1CCOCC1. The highest BCUT2D eigenvalue weighted by atomic mass is 32.1. The lowest BCUT2D eigenvalue weighted by Crippen LogP contribution is -2.49. The summed E-state index contributed by atoms with van der Waals surface area (Å²) in [6.07, 6.45) is 0.753. The summed E-state index contributed by atoms with van der Waals surface area (Å²) in [6, 6.07) is 12.0. The molecule has 0 spiro atoms. The molecule has 0 saturated carbocycles. The second kappa shape index (κ2) is 9.80. The van der Waals surface area contributed by atoms with E-state index in [1.165, 1.54) is 16.9 Å². The molecule has 0 radical (unpaired) electrons. The Morgan fingerprint density at radius 2 is 2.04 bits per heavy atom. The summed E-state index contributed by atoms with van der Waals surface area (Å²) in [5.41, 5.74) is 4.86. The molecule has 144 valence electrons. The predicted molar refractivity (Wildman–Crippen MR) is 111 cm³/mol. The topological polar surface area (TPSA) is 62.8 Å². The number of hydrogen-bond donors (Lipinski definition) is 2. The van der Waals surface area contributed by atoms with E-state index in [-0.39, 0.29) is 5.97 Å². The Morgan fingerprint density at radius 3 is 2.74 bits per heavy atom. The fraction of sp³-hybridized carbons (Fsp3) is 0.368. The van der Waals surface area contributed by atoms with E-state index in [9.17, 15) is 4.79 Å². The summed E-state index contributed by atoms with van der Waals surface area (Å²) in [5, 5.41) is 6.31. The number of anilines is 1. The average molecular weight is 406 g/mol. The van der Waals surface area contributed by atoms with Crippen LogP contribution in [0.25, 0.3) is 0 Å². The number of nitrogens with zero attached hydrogens (tertiary/aromatic N) is 1. The number of hydrazine groups is 1. The van der Waals surface area contributed by atoms with Gasteiger partial charge in [0.15, 0.2) is 5.11 Å². The molecule has 0 bridgehead atoms. The molecule has 2 heterocycles. The Balaban J connectivity index is 1.72. The van der Waals surface area contributed by atoms with Gasteiger partial charge in [0.2, 0.25) is 0 Å². The molecule has 1 fully saturated rings. The Morgan fingerprint density at radius 1 is 1.30 bits per heavy atom.